The van der Waals surface area contributed by atoms with Gasteiger partial charge in [0.1, 0.15) is 12.2 Å². The molecule has 1 saturated carbocycles. The van der Waals surface area contributed by atoms with Gasteiger partial charge in [-0.1, -0.05) is 5.11 Å². The fourth-order valence-electron chi connectivity index (χ4n) is 3.09. The van der Waals surface area contributed by atoms with Gasteiger partial charge in [0.05, 0.1) is 26.9 Å². The highest BCUT2D eigenvalue weighted by Gasteiger charge is 2.41. The number of nitro benzene ring substituents is 2. The number of rotatable bonds is 7. The Hall–Kier alpha value is -3.38. The van der Waals surface area contributed by atoms with Crippen LogP contribution in [0.25, 0.3) is 10.4 Å². The number of azide groups is 1. The van der Waals surface area contributed by atoms with Gasteiger partial charge >= 0.3 is 11.9 Å². The van der Waals surface area contributed by atoms with Crippen molar-refractivity contribution in [3.8, 4) is 0 Å². The number of benzene rings is 1. The van der Waals surface area contributed by atoms with Gasteiger partial charge in [0.2, 0.25) is 0 Å². The number of hydrogen-bond donors (Lipinski definition) is 0. The molecule has 0 saturated heterocycles. The molecule has 1 aliphatic carbocycles. The van der Waals surface area contributed by atoms with Gasteiger partial charge in [-0.25, -0.2) is 0 Å². The van der Waals surface area contributed by atoms with Crippen LogP contribution in [-0.2, 0) is 19.1 Å². The summed E-state index contributed by atoms with van der Waals surface area (Å²) in [6, 6.07) is 2.44. The molecule has 14 heteroatoms. The van der Waals surface area contributed by atoms with E-state index in [0.717, 1.165) is 23.9 Å². The molecule has 0 heterocycles. The number of nitro groups is 2. The lowest BCUT2D eigenvalue weighted by Gasteiger charge is -2.38. The van der Waals surface area contributed by atoms with Crippen LogP contribution >= 0.6 is 11.8 Å². The number of hydrogen-bond acceptors (Lipinski definition) is 10. The molecule has 4 atom stereocenters. The van der Waals surface area contributed by atoms with E-state index >= 15 is 0 Å². The predicted molar refractivity (Wildman–Crippen MR) is 103 cm³/mol. The highest BCUT2D eigenvalue weighted by Crippen LogP contribution is 2.42. The average Bonchev–Trinajstić information content (AvgIpc) is 2.64. The van der Waals surface area contributed by atoms with Crippen molar-refractivity contribution in [3.63, 3.8) is 0 Å². The van der Waals surface area contributed by atoms with E-state index in [0.29, 0.717) is 0 Å². The van der Waals surface area contributed by atoms with Crippen molar-refractivity contribution in [2.24, 2.45) is 5.11 Å². The number of thioether (sulfide) groups is 1. The first-order chi connectivity index (χ1) is 14.1. The second kappa shape index (κ2) is 9.89. The van der Waals surface area contributed by atoms with Gasteiger partial charge in [0.15, 0.2) is 0 Å². The molecule has 2 rings (SSSR count). The Bertz CT molecular complexity index is 919. The maximum atomic E-state index is 11.5. The van der Waals surface area contributed by atoms with E-state index in [1.165, 1.54) is 19.9 Å². The number of carbonyl (C=O) groups is 2. The molecule has 1 aliphatic rings. The number of carbonyl (C=O) groups excluding carboxylic acids is 2. The summed E-state index contributed by atoms with van der Waals surface area (Å²) >= 11 is 0.975. The summed E-state index contributed by atoms with van der Waals surface area (Å²) in [6.07, 6.45) is -1.50. The Morgan fingerprint density at radius 3 is 2.30 bits per heavy atom. The fourth-order valence-corrected chi connectivity index (χ4v) is 4.43. The summed E-state index contributed by atoms with van der Waals surface area (Å²) in [4.78, 5) is 46.6. The Morgan fingerprint density at radius 2 is 1.77 bits per heavy atom. The lowest BCUT2D eigenvalue weighted by molar-refractivity contribution is -0.396. The molecule has 1 aromatic carbocycles. The molecule has 0 aliphatic heterocycles. The van der Waals surface area contributed by atoms with Crippen molar-refractivity contribution in [3.05, 3.63) is 48.9 Å². The Kier molecular flexibility index (Phi) is 7.55. The van der Waals surface area contributed by atoms with Gasteiger partial charge in [-0.15, -0.1) is 11.8 Å². The second-order valence-electron chi connectivity index (χ2n) is 6.36. The van der Waals surface area contributed by atoms with Gasteiger partial charge in [0, 0.05) is 36.5 Å². The van der Waals surface area contributed by atoms with Crippen LogP contribution in [0.2, 0.25) is 0 Å². The number of esters is 2. The minimum absolute atomic E-state index is 0.0291. The maximum Gasteiger partial charge on any atom is 0.302 e. The maximum absolute atomic E-state index is 11.5. The molecule has 0 radical (unpaired) electrons. The molecule has 13 nitrogen and oxygen atoms in total. The summed E-state index contributed by atoms with van der Waals surface area (Å²) in [6.45, 7) is 2.38. The molecule has 1 fully saturated rings. The van der Waals surface area contributed by atoms with Crippen molar-refractivity contribution in [1.29, 1.82) is 0 Å². The predicted octanol–water partition coefficient (Wildman–Crippen LogP) is 3.30. The highest BCUT2D eigenvalue weighted by molar-refractivity contribution is 8.00. The minimum atomic E-state index is -0.827. The van der Waals surface area contributed by atoms with E-state index in [1.807, 2.05) is 0 Å². The summed E-state index contributed by atoms with van der Waals surface area (Å²) < 4.78 is 10.5. The first-order valence-electron chi connectivity index (χ1n) is 8.60. The van der Waals surface area contributed by atoms with E-state index in [2.05, 4.69) is 10.0 Å². The van der Waals surface area contributed by atoms with Gasteiger partial charge in [0.25, 0.3) is 11.4 Å². The Labute approximate surface area is 173 Å². The molecule has 160 valence electrons. The highest BCUT2D eigenvalue weighted by atomic mass is 32.2. The lowest BCUT2D eigenvalue weighted by Crippen LogP contribution is -2.46. The van der Waals surface area contributed by atoms with Crippen LogP contribution in [-0.4, -0.2) is 45.3 Å². The van der Waals surface area contributed by atoms with Crippen molar-refractivity contribution in [2.75, 3.05) is 0 Å². The van der Waals surface area contributed by atoms with E-state index in [9.17, 15) is 29.8 Å². The van der Waals surface area contributed by atoms with Crippen LogP contribution in [0.1, 0.15) is 26.7 Å². The third-order valence-electron chi connectivity index (χ3n) is 4.25. The first kappa shape index (κ1) is 22.9. The van der Waals surface area contributed by atoms with Crippen LogP contribution in [0, 0.1) is 20.2 Å². The SMILES string of the molecule is CC(=O)O[C@H]1C[C@H](OC(C)=O)[C@@H](Sc2ccc([N+](=O)[O-])cc2[N+](=O)[O-])C[C@@H]1N=[N+]=[N-]. The minimum Gasteiger partial charge on any atom is -0.462 e. The lowest BCUT2D eigenvalue weighted by atomic mass is 9.90. The molecular weight excluding hydrogens is 422 g/mol. The van der Waals surface area contributed by atoms with Crippen molar-refractivity contribution in [1.82, 2.24) is 0 Å². The quantitative estimate of drug-likeness (QED) is 0.153. The van der Waals surface area contributed by atoms with Crippen LogP contribution in [0.5, 0.6) is 0 Å². The van der Waals surface area contributed by atoms with Gasteiger partial charge < -0.3 is 9.47 Å². The molecule has 0 spiro atoms. The normalized spacial score (nSPS) is 23.0. The smallest absolute Gasteiger partial charge is 0.302 e. The Morgan fingerprint density at radius 1 is 1.13 bits per heavy atom. The van der Waals surface area contributed by atoms with Crippen molar-refractivity contribution in [2.45, 2.75) is 55.1 Å². The fraction of sp³-hybridized carbons (Fsp3) is 0.500. The Balaban J connectivity index is 2.38. The average molecular weight is 439 g/mol. The largest absolute Gasteiger partial charge is 0.462 e. The third kappa shape index (κ3) is 5.81. The summed E-state index contributed by atoms with van der Waals surface area (Å²) in [5.74, 6) is -1.20. The second-order valence-corrected chi connectivity index (χ2v) is 7.64. The van der Waals surface area contributed by atoms with Crippen LogP contribution < -0.4 is 0 Å². The van der Waals surface area contributed by atoms with Gasteiger partial charge in [-0.3, -0.25) is 29.8 Å². The van der Waals surface area contributed by atoms with E-state index in [4.69, 9.17) is 15.0 Å². The summed E-state index contributed by atoms with van der Waals surface area (Å²) in [5.41, 5.74) is 7.92. The molecule has 0 N–H and O–H groups in total. The van der Waals surface area contributed by atoms with E-state index in [-0.39, 0.29) is 17.7 Å². The molecule has 30 heavy (non-hydrogen) atoms. The molecular formula is C16H17N5O8S. The van der Waals surface area contributed by atoms with E-state index in [1.54, 1.807) is 0 Å². The summed E-state index contributed by atoms with van der Waals surface area (Å²) in [7, 11) is 0. The summed E-state index contributed by atoms with van der Waals surface area (Å²) in [5, 5.41) is 25.4. The van der Waals surface area contributed by atoms with Crippen LogP contribution in [0.3, 0.4) is 0 Å². The topological polar surface area (TPSA) is 188 Å². The molecule has 0 bridgehead atoms. The third-order valence-corrected chi connectivity index (χ3v) is 5.64. The first-order valence-corrected chi connectivity index (χ1v) is 9.48. The standard InChI is InChI=1S/C16H17N5O8S/c1-8(22)28-13-7-14(29-9(2)23)16(6-11(13)18-19-17)30-15-4-3-10(20(24)25)5-12(15)21(26)27/h3-5,11,13-14,16H,6-7H2,1-2H3/t11-,13-,14-,16-/m0/s1. The van der Waals surface area contributed by atoms with Gasteiger partial charge in [-0.2, -0.15) is 0 Å². The van der Waals surface area contributed by atoms with Gasteiger partial charge in [-0.05, 0) is 18.0 Å². The molecule has 0 aromatic heterocycles. The number of non-ortho nitro benzene ring substituents is 1. The molecule has 0 amide bonds. The molecule has 1 aromatic rings. The zero-order valence-corrected chi connectivity index (χ0v) is 16.7. The number of nitrogens with zero attached hydrogens (tertiary/aromatic N) is 5. The zero-order valence-electron chi connectivity index (χ0n) is 15.9. The van der Waals surface area contributed by atoms with Crippen molar-refractivity contribution < 1.29 is 28.9 Å². The van der Waals surface area contributed by atoms with Crippen molar-refractivity contribution >= 4 is 35.1 Å². The van der Waals surface area contributed by atoms with Crippen LogP contribution in [0.15, 0.2) is 28.2 Å². The number of ether oxygens (including phenoxy) is 2. The van der Waals surface area contributed by atoms with E-state index < -0.39 is 56.7 Å². The molecule has 0 unspecified atom stereocenters. The van der Waals surface area contributed by atoms with Crippen LogP contribution in [0.4, 0.5) is 11.4 Å². The zero-order chi connectivity index (χ0) is 22.4. The monoisotopic (exact) mass is 439 g/mol.